The number of rotatable bonds is 3. The van der Waals surface area contributed by atoms with E-state index in [0.29, 0.717) is 11.2 Å². The van der Waals surface area contributed by atoms with Gasteiger partial charge in [0.25, 0.3) is 0 Å². The smallest absolute Gasteiger partial charge is 0.356 e. The number of ether oxygens (including phenoxy) is 1. The molecule has 1 aromatic carbocycles. The number of carbonyl (C=O) groups is 1. The maximum absolute atomic E-state index is 11.6. The zero-order chi connectivity index (χ0) is 13.8. The summed E-state index contributed by atoms with van der Waals surface area (Å²) in [4.78, 5) is 15.9. The van der Waals surface area contributed by atoms with Crippen molar-refractivity contribution in [2.75, 3.05) is 7.11 Å². The molecule has 4 heteroatoms. The molecule has 2 rings (SSSR count). The largest absolute Gasteiger partial charge is 0.464 e. The van der Waals surface area contributed by atoms with E-state index < -0.39 is 5.97 Å². The van der Waals surface area contributed by atoms with Gasteiger partial charge in [-0.2, -0.15) is 0 Å². The Morgan fingerprint density at radius 3 is 2.47 bits per heavy atom. The third kappa shape index (κ3) is 3.02. The van der Waals surface area contributed by atoms with E-state index in [0.717, 1.165) is 23.2 Å². The van der Waals surface area contributed by atoms with Crippen LogP contribution >= 0.6 is 0 Å². The predicted molar refractivity (Wildman–Crippen MR) is 75.8 cm³/mol. The quantitative estimate of drug-likeness (QED) is 0.617. The second-order valence-electron chi connectivity index (χ2n) is 4.20. The number of aryl methyl sites for hydroxylation is 1. The van der Waals surface area contributed by atoms with Gasteiger partial charge in [-0.05, 0) is 29.7 Å². The highest BCUT2D eigenvalue weighted by Gasteiger charge is 2.11. The fourth-order valence-corrected chi connectivity index (χ4v) is 1.82. The van der Waals surface area contributed by atoms with Crippen molar-refractivity contribution >= 4 is 19.3 Å². The number of pyridine rings is 1. The zero-order valence-electron chi connectivity index (χ0n) is 11.0. The van der Waals surface area contributed by atoms with Crippen molar-refractivity contribution in [1.82, 2.24) is 4.98 Å². The molecule has 0 amide bonds. The highest BCUT2D eigenvalue weighted by atomic mass is 16.5. The molecular formula is C15H14BNO2. The van der Waals surface area contributed by atoms with Crippen molar-refractivity contribution in [1.29, 1.82) is 0 Å². The lowest BCUT2D eigenvalue weighted by Crippen LogP contribution is -2.06. The van der Waals surface area contributed by atoms with Crippen molar-refractivity contribution in [3.8, 4) is 11.1 Å². The van der Waals surface area contributed by atoms with Gasteiger partial charge in [0.2, 0.25) is 0 Å². The average molecular weight is 251 g/mol. The topological polar surface area (TPSA) is 39.2 Å². The van der Waals surface area contributed by atoms with Crippen LogP contribution in [0.1, 0.15) is 23.1 Å². The third-order valence-corrected chi connectivity index (χ3v) is 2.88. The molecule has 0 bridgehead atoms. The van der Waals surface area contributed by atoms with E-state index in [2.05, 4.69) is 4.98 Å². The molecule has 0 unspecified atom stereocenters. The highest BCUT2D eigenvalue weighted by Crippen LogP contribution is 2.20. The molecule has 94 valence electrons. The Morgan fingerprint density at radius 2 is 1.89 bits per heavy atom. The van der Waals surface area contributed by atoms with E-state index in [4.69, 9.17) is 12.6 Å². The summed E-state index contributed by atoms with van der Waals surface area (Å²) in [5.74, 6) is -0.424. The number of nitrogens with zero attached hydrogens (tertiary/aromatic N) is 1. The van der Waals surface area contributed by atoms with Crippen LogP contribution in [0.3, 0.4) is 0 Å². The van der Waals surface area contributed by atoms with Crippen LogP contribution in [0, 0.1) is 0 Å². The Labute approximate surface area is 114 Å². The minimum atomic E-state index is -0.424. The number of methoxy groups -OCH3 is 1. The summed E-state index contributed by atoms with van der Waals surface area (Å²) in [5, 5.41) is 0. The maximum atomic E-state index is 11.6. The molecule has 3 nitrogen and oxygen atoms in total. The lowest BCUT2D eigenvalue weighted by molar-refractivity contribution is 0.0594. The highest BCUT2D eigenvalue weighted by molar-refractivity contribution is 6.32. The Bertz CT molecular complexity index is 594. The molecule has 0 aliphatic heterocycles. The SMILES string of the molecule is [B]c1ccc(-c2cc(CC)nc(C(=O)OC)c2)cc1. The number of esters is 1. The Kier molecular flexibility index (Phi) is 4.00. The Hall–Kier alpha value is -2.10. The summed E-state index contributed by atoms with van der Waals surface area (Å²) in [5.41, 5.74) is 3.83. The number of hydrogen-bond acceptors (Lipinski definition) is 3. The van der Waals surface area contributed by atoms with Gasteiger partial charge in [0.15, 0.2) is 0 Å². The van der Waals surface area contributed by atoms with Gasteiger partial charge in [-0.25, -0.2) is 9.78 Å². The van der Waals surface area contributed by atoms with Crippen LogP contribution in [0.5, 0.6) is 0 Å². The van der Waals surface area contributed by atoms with Crippen LogP contribution in [0.25, 0.3) is 11.1 Å². The molecule has 1 heterocycles. The van der Waals surface area contributed by atoms with Gasteiger partial charge in [0.05, 0.1) is 7.11 Å². The molecule has 0 saturated heterocycles. The third-order valence-electron chi connectivity index (χ3n) is 2.88. The average Bonchev–Trinajstić information content (AvgIpc) is 2.46. The summed E-state index contributed by atoms with van der Waals surface area (Å²) < 4.78 is 4.72. The summed E-state index contributed by atoms with van der Waals surface area (Å²) in [6.45, 7) is 2.00. The second kappa shape index (κ2) is 5.70. The van der Waals surface area contributed by atoms with E-state index in [9.17, 15) is 4.79 Å². The molecule has 0 spiro atoms. The molecule has 2 radical (unpaired) electrons. The Morgan fingerprint density at radius 1 is 1.21 bits per heavy atom. The molecule has 1 aromatic heterocycles. The van der Waals surface area contributed by atoms with Gasteiger partial charge in [-0.15, -0.1) is 0 Å². The van der Waals surface area contributed by atoms with Crippen molar-refractivity contribution < 1.29 is 9.53 Å². The van der Waals surface area contributed by atoms with E-state index >= 15 is 0 Å². The van der Waals surface area contributed by atoms with Crippen LogP contribution in [-0.4, -0.2) is 25.9 Å². The van der Waals surface area contributed by atoms with Gasteiger partial charge in [0, 0.05) is 5.69 Å². The molecule has 19 heavy (non-hydrogen) atoms. The van der Waals surface area contributed by atoms with Crippen molar-refractivity contribution in [3.05, 3.63) is 47.8 Å². The Balaban J connectivity index is 2.50. The predicted octanol–water partition coefficient (Wildman–Crippen LogP) is 1.89. The van der Waals surface area contributed by atoms with E-state index in [1.54, 1.807) is 6.07 Å². The first-order valence-corrected chi connectivity index (χ1v) is 6.09. The summed E-state index contributed by atoms with van der Waals surface area (Å²) >= 11 is 0. The molecule has 2 aromatic rings. The fraction of sp³-hybridized carbons (Fsp3) is 0.200. The number of hydrogen-bond donors (Lipinski definition) is 0. The van der Waals surface area contributed by atoms with Gasteiger partial charge >= 0.3 is 5.97 Å². The molecular weight excluding hydrogens is 237 g/mol. The molecule has 0 N–H and O–H groups in total. The first kappa shape index (κ1) is 13.3. The molecule has 0 aliphatic carbocycles. The fourth-order valence-electron chi connectivity index (χ4n) is 1.82. The monoisotopic (exact) mass is 251 g/mol. The van der Waals surface area contributed by atoms with Gasteiger partial charge < -0.3 is 4.74 Å². The molecule has 0 aliphatic rings. The number of aromatic nitrogens is 1. The normalized spacial score (nSPS) is 10.2. The van der Waals surface area contributed by atoms with Crippen LogP contribution in [0.2, 0.25) is 0 Å². The van der Waals surface area contributed by atoms with Crippen LogP contribution in [0.4, 0.5) is 0 Å². The molecule has 0 saturated carbocycles. The molecule has 0 atom stereocenters. The number of benzene rings is 1. The lowest BCUT2D eigenvalue weighted by atomic mass is 9.93. The first-order chi connectivity index (χ1) is 9.13. The summed E-state index contributed by atoms with van der Waals surface area (Å²) in [6.07, 6.45) is 0.757. The first-order valence-electron chi connectivity index (χ1n) is 6.09. The summed E-state index contributed by atoms with van der Waals surface area (Å²) in [6, 6.07) is 11.2. The van der Waals surface area contributed by atoms with E-state index in [1.165, 1.54) is 7.11 Å². The van der Waals surface area contributed by atoms with Gasteiger partial charge in [-0.1, -0.05) is 36.7 Å². The van der Waals surface area contributed by atoms with Gasteiger partial charge in [-0.3, -0.25) is 0 Å². The van der Waals surface area contributed by atoms with Crippen molar-refractivity contribution in [2.24, 2.45) is 0 Å². The maximum Gasteiger partial charge on any atom is 0.356 e. The summed E-state index contributed by atoms with van der Waals surface area (Å²) in [7, 11) is 7.03. The second-order valence-corrected chi connectivity index (χ2v) is 4.20. The van der Waals surface area contributed by atoms with Crippen molar-refractivity contribution in [2.45, 2.75) is 13.3 Å². The standard InChI is InChI=1S/C15H14BNO2/c1-3-13-8-11(9-14(17-13)15(18)19-2)10-4-6-12(16)7-5-10/h4-9H,3H2,1-2H3. The van der Waals surface area contributed by atoms with E-state index in [1.807, 2.05) is 37.3 Å². The molecule has 0 fully saturated rings. The minimum Gasteiger partial charge on any atom is -0.464 e. The van der Waals surface area contributed by atoms with Crippen LogP contribution in [0.15, 0.2) is 36.4 Å². The zero-order valence-corrected chi connectivity index (χ0v) is 11.0. The van der Waals surface area contributed by atoms with Crippen LogP contribution in [-0.2, 0) is 11.2 Å². The van der Waals surface area contributed by atoms with E-state index in [-0.39, 0.29) is 0 Å². The lowest BCUT2D eigenvalue weighted by Gasteiger charge is -2.07. The minimum absolute atomic E-state index is 0.327. The van der Waals surface area contributed by atoms with Crippen molar-refractivity contribution in [3.63, 3.8) is 0 Å². The number of carbonyl (C=O) groups excluding carboxylic acids is 1. The van der Waals surface area contributed by atoms with Crippen LogP contribution < -0.4 is 5.46 Å². The van der Waals surface area contributed by atoms with Gasteiger partial charge in [0.1, 0.15) is 13.5 Å².